The Labute approximate surface area is 152 Å². The second-order valence-corrected chi connectivity index (χ2v) is 9.16. The summed E-state index contributed by atoms with van der Waals surface area (Å²) >= 11 is 3.77. The van der Waals surface area contributed by atoms with Crippen LogP contribution in [0.3, 0.4) is 0 Å². The molecule has 1 saturated carbocycles. The van der Waals surface area contributed by atoms with Gasteiger partial charge in [0, 0.05) is 54.8 Å². The van der Waals surface area contributed by atoms with E-state index in [1.807, 2.05) is 20.0 Å². The van der Waals surface area contributed by atoms with Crippen LogP contribution in [0.2, 0.25) is 0 Å². The predicted octanol–water partition coefficient (Wildman–Crippen LogP) is 3.66. The normalized spacial score (nSPS) is 31.7. The Morgan fingerprint density at radius 1 is 1.42 bits per heavy atom. The van der Waals surface area contributed by atoms with Crippen molar-refractivity contribution in [3.05, 3.63) is 22.3 Å². The van der Waals surface area contributed by atoms with Crippen molar-refractivity contribution in [1.29, 1.82) is 0 Å². The van der Waals surface area contributed by atoms with E-state index < -0.39 is 0 Å². The van der Waals surface area contributed by atoms with Crippen molar-refractivity contribution in [2.75, 3.05) is 31.6 Å². The third-order valence-corrected chi connectivity index (χ3v) is 7.05. The number of carbonyl (C=O) groups excluding carboxylic acids is 1. The van der Waals surface area contributed by atoms with Gasteiger partial charge in [0.25, 0.3) is 0 Å². The van der Waals surface area contributed by atoms with Crippen molar-refractivity contribution in [2.45, 2.75) is 39.0 Å². The summed E-state index contributed by atoms with van der Waals surface area (Å²) < 4.78 is 1.17. The number of anilines is 1. The molecule has 0 spiro atoms. The van der Waals surface area contributed by atoms with Crippen LogP contribution in [0.25, 0.3) is 0 Å². The van der Waals surface area contributed by atoms with Crippen LogP contribution in [0.5, 0.6) is 0 Å². The van der Waals surface area contributed by atoms with Gasteiger partial charge in [0.1, 0.15) is 5.82 Å². The smallest absolute Gasteiger partial charge is 0.225 e. The molecule has 0 radical (unpaired) electrons. The number of likely N-dealkylation sites (N-methyl/N-ethyl adjacent to an activating group) is 1. The van der Waals surface area contributed by atoms with E-state index in [0.29, 0.717) is 17.7 Å². The molecule has 0 aromatic carbocycles. The predicted molar refractivity (Wildman–Crippen MR) is 99.1 cm³/mol. The van der Waals surface area contributed by atoms with Crippen LogP contribution >= 0.6 is 15.9 Å². The van der Waals surface area contributed by atoms with Gasteiger partial charge < -0.3 is 9.80 Å². The molecular weight excluding hydrogens is 366 g/mol. The molecule has 1 aliphatic carbocycles. The van der Waals surface area contributed by atoms with Crippen LogP contribution in [0.4, 0.5) is 5.82 Å². The van der Waals surface area contributed by atoms with Gasteiger partial charge in [0.05, 0.1) is 0 Å². The van der Waals surface area contributed by atoms with E-state index in [1.54, 1.807) is 0 Å². The lowest BCUT2D eigenvalue weighted by Gasteiger charge is -2.44. The third-order valence-electron chi connectivity index (χ3n) is 6.36. The average Bonchev–Trinajstić information content (AvgIpc) is 3.06. The summed E-state index contributed by atoms with van der Waals surface area (Å²) in [6, 6.07) is 2.06. The van der Waals surface area contributed by atoms with Gasteiger partial charge in [-0.3, -0.25) is 4.79 Å². The number of rotatable bonds is 2. The lowest BCUT2D eigenvalue weighted by atomic mass is 9.69. The summed E-state index contributed by atoms with van der Waals surface area (Å²) in [5.41, 5.74) is 1.58. The lowest BCUT2D eigenvalue weighted by Crippen LogP contribution is -2.50. The zero-order chi connectivity index (χ0) is 17.1. The summed E-state index contributed by atoms with van der Waals surface area (Å²) in [6.45, 7) is 6.93. The van der Waals surface area contributed by atoms with E-state index in [4.69, 9.17) is 0 Å². The molecule has 2 aliphatic heterocycles. The molecule has 0 N–H and O–H groups in total. The summed E-state index contributed by atoms with van der Waals surface area (Å²) in [4.78, 5) is 21.7. The highest BCUT2D eigenvalue weighted by Gasteiger charge is 2.53. The van der Waals surface area contributed by atoms with E-state index >= 15 is 0 Å². The fourth-order valence-corrected chi connectivity index (χ4v) is 5.88. The highest BCUT2D eigenvalue weighted by atomic mass is 79.9. The molecule has 1 aromatic heterocycles. The Morgan fingerprint density at radius 2 is 2.21 bits per heavy atom. The Balaban J connectivity index is 1.71. The highest BCUT2D eigenvalue weighted by Crippen LogP contribution is 2.58. The second-order valence-electron chi connectivity index (χ2n) is 8.31. The molecule has 24 heavy (non-hydrogen) atoms. The number of carbonyl (C=O) groups is 1. The van der Waals surface area contributed by atoms with E-state index in [9.17, 15) is 4.79 Å². The van der Waals surface area contributed by atoms with E-state index in [0.717, 1.165) is 25.5 Å². The molecule has 4 rings (SSSR count). The minimum atomic E-state index is 0.0893. The number of hydrogen-bond acceptors (Lipinski definition) is 3. The molecular formula is C19H26BrN3O. The number of nitrogens with zero attached hydrogens (tertiary/aromatic N) is 3. The summed E-state index contributed by atoms with van der Waals surface area (Å²) in [6.07, 6.45) is 5.63. The van der Waals surface area contributed by atoms with Crippen molar-refractivity contribution in [1.82, 2.24) is 9.88 Å². The average molecular weight is 392 g/mol. The maximum atomic E-state index is 12.6. The zero-order valence-corrected chi connectivity index (χ0v) is 16.3. The number of fused-ring (bicyclic) bond motifs is 3. The first-order chi connectivity index (χ1) is 11.4. The minimum absolute atomic E-state index is 0.0893. The zero-order valence-electron chi connectivity index (χ0n) is 14.8. The number of piperidine rings is 1. The molecule has 130 valence electrons. The first-order valence-electron chi connectivity index (χ1n) is 9.05. The van der Waals surface area contributed by atoms with Crippen LogP contribution < -0.4 is 4.90 Å². The number of likely N-dealkylation sites (tertiary alicyclic amines) is 1. The number of aromatic nitrogens is 1. The minimum Gasteiger partial charge on any atom is -0.359 e. The van der Waals surface area contributed by atoms with Gasteiger partial charge >= 0.3 is 0 Å². The van der Waals surface area contributed by atoms with Crippen molar-refractivity contribution in [3.63, 3.8) is 0 Å². The van der Waals surface area contributed by atoms with Gasteiger partial charge in [-0.15, -0.1) is 0 Å². The van der Waals surface area contributed by atoms with Crippen LogP contribution in [-0.2, 0) is 4.79 Å². The van der Waals surface area contributed by atoms with Crippen LogP contribution in [0.1, 0.15) is 44.6 Å². The molecule has 1 unspecified atom stereocenters. The van der Waals surface area contributed by atoms with Gasteiger partial charge in [-0.2, -0.15) is 0 Å². The summed E-state index contributed by atoms with van der Waals surface area (Å²) in [7, 11) is 2.14. The number of hydrogen-bond donors (Lipinski definition) is 0. The molecule has 3 aliphatic rings. The van der Waals surface area contributed by atoms with E-state index in [1.165, 1.54) is 29.3 Å². The second kappa shape index (κ2) is 5.72. The van der Waals surface area contributed by atoms with Gasteiger partial charge in [-0.25, -0.2) is 4.98 Å². The maximum absolute atomic E-state index is 12.6. The molecule has 1 aromatic rings. The van der Waals surface area contributed by atoms with Crippen molar-refractivity contribution in [2.24, 2.45) is 17.3 Å². The van der Waals surface area contributed by atoms with E-state index in [-0.39, 0.29) is 11.3 Å². The molecule has 2 fully saturated rings. The Morgan fingerprint density at radius 3 is 2.96 bits per heavy atom. The highest BCUT2D eigenvalue weighted by molar-refractivity contribution is 9.10. The Kier molecular flexibility index (Phi) is 3.90. The molecule has 3 heterocycles. The van der Waals surface area contributed by atoms with Crippen LogP contribution in [-0.4, -0.2) is 42.5 Å². The van der Waals surface area contributed by atoms with Gasteiger partial charge in [0.2, 0.25) is 5.91 Å². The molecule has 3 atom stereocenters. The first kappa shape index (κ1) is 16.4. The van der Waals surface area contributed by atoms with Gasteiger partial charge in [-0.1, -0.05) is 29.8 Å². The topological polar surface area (TPSA) is 36.4 Å². The summed E-state index contributed by atoms with van der Waals surface area (Å²) in [5.74, 6) is 2.66. The standard InChI is InChI=1S/C19H26BrN3O/c1-12(2)18(24)23-9-13-4-6-19(8-13,11-23)14-10-22(3)17-16(14)15(20)5-7-21-17/h5,7,12-14H,4,6,8-11H2,1-3H3/t13-,14?,19-/m1/s1. The van der Waals surface area contributed by atoms with Crippen LogP contribution in [0.15, 0.2) is 16.7 Å². The Bertz CT molecular complexity index is 677. The quantitative estimate of drug-likeness (QED) is 0.771. The fraction of sp³-hybridized carbons (Fsp3) is 0.684. The molecule has 5 heteroatoms. The molecule has 1 saturated heterocycles. The van der Waals surface area contributed by atoms with Crippen LogP contribution in [0, 0.1) is 17.3 Å². The molecule has 2 bridgehead atoms. The van der Waals surface area contributed by atoms with Gasteiger partial charge in [-0.05, 0) is 36.7 Å². The number of pyridine rings is 1. The first-order valence-corrected chi connectivity index (χ1v) is 9.85. The maximum Gasteiger partial charge on any atom is 0.225 e. The third kappa shape index (κ3) is 2.39. The largest absolute Gasteiger partial charge is 0.359 e. The van der Waals surface area contributed by atoms with Crippen molar-refractivity contribution in [3.8, 4) is 0 Å². The molecule has 4 nitrogen and oxygen atoms in total. The van der Waals surface area contributed by atoms with Crippen molar-refractivity contribution < 1.29 is 4.79 Å². The molecule has 1 amide bonds. The number of halogens is 1. The SMILES string of the molecule is CC(C)C(=O)N1C[C@@H]2CC[C@@](C3CN(C)c4nccc(Br)c43)(C2)C1. The summed E-state index contributed by atoms with van der Waals surface area (Å²) in [5, 5.41) is 0. The monoisotopic (exact) mass is 391 g/mol. The Hall–Kier alpha value is -1.10. The fourth-order valence-electron chi connectivity index (χ4n) is 5.30. The lowest BCUT2D eigenvalue weighted by molar-refractivity contribution is -0.138. The van der Waals surface area contributed by atoms with E-state index in [2.05, 4.69) is 43.8 Å². The van der Waals surface area contributed by atoms with Gasteiger partial charge in [0.15, 0.2) is 0 Å². The number of amides is 1. The van der Waals surface area contributed by atoms with Crippen molar-refractivity contribution >= 4 is 27.7 Å².